The van der Waals surface area contributed by atoms with Crippen molar-refractivity contribution in [3.63, 3.8) is 0 Å². The topological polar surface area (TPSA) is 64.6 Å². The minimum absolute atomic E-state index is 0.0648. The number of ether oxygens (including phenoxy) is 2. The molecular weight excluding hydrogens is 378 g/mol. The molecule has 0 fully saturated rings. The maximum atomic E-state index is 12.8. The van der Waals surface area contributed by atoms with Crippen molar-refractivity contribution in [1.82, 2.24) is 5.32 Å². The van der Waals surface area contributed by atoms with E-state index in [-0.39, 0.29) is 23.8 Å². The van der Waals surface area contributed by atoms with Gasteiger partial charge in [-0.1, -0.05) is 55.8 Å². The van der Waals surface area contributed by atoms with Crippen LogP contribution in [-0.4, -0.2) is 29.3 Å². The maximum Gasteiger partial charge on any atom is 0.408 e. The van der Waals surface area contributed by atoms with E-state index in [1.807, 2.05) is 98.7 Å². The first-order valence-corrected chi connectivity index (χ1v) is 10.6. The standard InChI is InChI=1S/C25H39NO4/c1-17(2)21(22(27)29-24(4,5)6)18(3)15-20(16-19-13-11-10-12-14-19)26-23(28)30-25(7,8)9/h10-15,17,20-21H,16H2,1-9H3,(H,26,28)/b18-15-/t20-,21-/m0/s1. The van der Waals surface area contributed by atoms with Crippen molar-refractivity contribution in [2.24, 2.45) is 11.8 Å². The predicted molar refractivity (Wildman–Crippen MR) is 121 cm³/mol. The van der Waals surface area contributed by atoms with Crippen LogP contribution >= 0.6 is 0 Å². The van der Waals surface area contributed by atoms with Crippen LogP contribution in [0.5, 0.6) is 0 Å². The first kappa shape index (κ1) is 25.7. The first-order chi connectivity index (χ1) is 13.7. The van der Waals surface area contributed by atoms with Crippen LogP contribution in [0.4, 0.5) is 4.79 Å². The highest BCUT2D eigenvalue weighted by Crippen LogP contribution is 2.25. The third-order valence-electron chi connectivity index (χ3n) is 4.28. The fraction of sp³-hybridized carbons (Fsp3) is 0.600. The first-order valence-electron chi connectivity index (χ1n) is 10.6. The number of esters is 1. The molecule has 1 N–H and O–H groups in total. The highest BCUT2D eigenvalue weighted by Gasteiger charge is 2.30. The molecule has 1 aromatic carbocycles. The number of hydrogen-bond donors (Lipinski definition) is 1. The smallest absolute Gasteiger partial charge is 0.408 e. The van der Waals surface area contributed by atoms with Gasteiger partial charge in [0.1, 0.15) is 11.2 Å². The summed E-state index contributed by atoms with van der Waals surface area (Å²) in [6.45, 7) is 17.0. The largest absolute Gasteiger partial charge is 0.460 e. The second-order valence-electron chi connectivity index (χ2n) is 10.1. The van der Waals surface area contributed by atoms with E-state index >= 15 is 0 Å². The van der Waals surface area contributed by atoms with Gasteiger partial charge in [-0.15, -0.1) is 0 Å². The average Bonchev–Trinajstić information content (AvgIpc) is 2.51. The Labute approximate surface area is 182 Å². The normalized spacial score (nSPS) is 14.8. The zero-order valence-electron chi connectivity index (χ0n) is 20.0. The lowest BCUT2D eigenvalue weighted by Crippen LogP contribution is -2.40. The monoisotopic (exact) mass is 417 g/mol. The summed E-state index contributed by atoms with van der Waals surface area (Å²) >= 11 is 0. The van der Waals surface area contributed by atoms with Crippen LogP contribution in [0.25, 0.3) is 0 Å². The van der Waals surface area contributed by atoms with Crippen LogP contribution in [0.3, 0.4) is 0 Å². The van der Waals surface area contributed by atoms with Crippen LogP contribution < -0.4 is 5.32 Å². The molecule has 168 valence electrons. The molecule has 5 heteroatoms. The van der Waals surface area contributed by atoms with Crippen LogP contribution in [0, 0.1) is 11.8 Å². The Bertz CT molecular complexity index is 724. The van der Waals surface area contributed by atoms with E-state index in [0.29, 0.717) is 6.42 Å². The molecule has 0 aliphatic carbocycles. The molecule has 1 amide bonds. The number of benzene rings is 1. The molecule has 0 radical (unpaired) electrons. The summed E-state index contributed by atoms with van der Waals surface area (Å²) in [5.41, 5.74) is 0.817. The Morgan fingerprint density at radius 3 is 1.97 bits per heavy atom. The van der Waals surface area contributed by atoms with Gasteiger partial charge < -0.3 is 14.8 Å². The summed E-state index contributed by atoms with van der Waals surface area (Å²) in [4.78, 5) is 25.2. The molecule has 0 aliphatic rings. The van der Waals surface area contributed by atoms with E-state index in [9.17, 15) is 9.59 Å². The van der Waals surface area contributed by atoms with Gasteiger partial charge >= 0.3 is 12.1 Å². The zero-order valence-corrected chi connectivity index (χ0v) is 20.0. The van der Waals surface area contributed by atoms with Gasteiger partial charge in [-0.05, 0) is 66.4 Å². The summed E-state index contributed by atoms with van der Waals surface area (Å²) in [6, 6.07) is 9.60. The quantitative estimate of drug-likeness (QED) is 0.458. The van der Waals surface area contributed by atoms with Gasteiger partial charge in [0.25, 0.3) is 0 Å². The second kappa shape index (κ2) is 10.6. The van der Waals surface area contributed by atoms with Gasteiger partial charge in [-0.3, -0.25) is 4.79 Å². The minimum Gasteiger partial charge on any atom is -0.460 e. The molecule has 1 aromatic rings. The number of carbonyl (C=O) groups is 2. The molecule has 0 saturated carbocycles. The van der Waals surface area contributed by atoms with Crippen molar-refractivity contribution in [2.75, 3.05) is 0 Å². The Morgan fingerprint density at radius 2 is 1.50 bits per heavy atom. The van der Waals surface area contributed by atoms with E-state index in [1.54, 1.807) is 0 Å². The van der Waals surface area contributed by atoms with E-state index in [0.717, 1.165) is 11.1 Å². The van der Waals surface area contributed by atoms with Crippen molar-refractivity contribution in [1.29, 1.82) is 0 Å². The maximum absolute atomic E-state index is 12.8. The SMILES string of the molecule is C/C(=C/[C@@H](Cc1ccccc1)NC(=O)OC(C)(C)C)[C@@H](C(=O)OC(C)(C)C)C(C)C. The van der Waals surface area contributed by atoms with Gasteiger partial charge in [0.2, 0.25) is 0 Å². The Balaban J connectivity index is 3.14. The van der Waals surface area contributed by atoms with E-state index in [4.69, 9.17) is 9.47 Å². The Hall–Kier alpha value is -2.30. The molecule has 0 aliphatic heterocycles. The molecule has 0 saturated heterocycles. The molecule has 0 aromatic heterocycles. The van der Waals surface area contributed by atoms with Crippen molar-refractivity contribution in [3.8, 4) is 0 Å². The van der Waals surface area contributed by atoms with Gasteiger partial charge in [0, 0.05) is 0 Å². The van der Waals surface area contributed by atoms with Crippen LogP contribution in [0.15, 0.2) is 42.0 Å². The van der Waals surface area contributed by atoms with Crippen LogP contribution in [-0.2, 0) is 20.7 Å². The Kier molecular flexibility index (Phi) is 9.13. The molecule has 0 heterocycles. The molecule has 0 unspecified atom stereocenters. The molecule has 0 spiro atoms. The number of carbonyl (C=O) groups excluding carboxylic acids is 2. The molecule has 2 atom stereocenters. The zero-order chi connectivity index (χ0) is 23.1. The molecular formula is C25H39NO4. The third-order valence-corrected chi connectivity index (χ3v) is 4.28. The fourth-order valence-electron chi connectivity index (χ4n) is 3.25. The summed E-state index contributed by atoms with van der Waals surface area (Å²) < 4.78 is 11.1. The Morgan fingerprint density at radius 1 is 0.967 bits per heavy atom. The van der Waals surface area contributed by atoms with Crippen molar-refractivity contribution in [2.45, 2.75) is 86.0 Å². The van der Waals surface area contributed by atoms with E-state index < -0.39 is 17.3 Å². The summed E-state index contributed by atoms with van der Waals surface area (Å²) in [7, 11) is 0. The molecule has 5 nitrogen and oxygen atoms in total. The lowest BCUT2D eigenvalue weighted by atomic mass is 9.87. The van der Waals surface area contributed by atoms with Crippen molar-refractivity contribution in [3.05, 3.63) is 47.5 Å². The van der Waals surface area contributed by atoms with Crippen molar-refractivity contribution < 1.29 is 19.1 Å². The molecule has 1 rings (SSSR count). The van der Waals surface area contributed by atoms with Gasteiger partial charge in [0.05, 0.1) is 12.0 Å². The average molecular weight is 418 g/mol. The lowest BCUT2D eigenvalue weighted by molar-refractivity contribution is -0.159. The summed E-state index contributed by atoms with van der Waals surface area (Å²) in [6.07, 6.45) is 2.06. The highest BCUT2D eigenvalue weighted by atomic mass is 16.6. The third kappa shape index (κ3) is 9.95. The fourth-order valence-corrected chi connectivity index (χ4v) is 3.25. The number of hydrogen-bond acceptors (Lipinski definition) is 4. The predicted octanol–water partition coefficient (Wildman–Crippen LogP) is 5.68. The van der Waals surface area contributed by atoms with E-state index in [2.05, 4.69) is 5.32 Å². The highest BCUT2D eigenvalue weighted by molar-refractivity contribution is 5.76. The molecule has 30 heavy (non-hydrogen) atoms. The van der Waals surface area contributed by atoms with Gasteiger partial charge in [0.15, 0.2) is 0 Å². The van der Waals surface area contributed by atoms with Crippen LogP contribution in [0.1, 0.15) is 67.9 Å². The van der Waals surface area contributed by atoms with E-state index in [1.165, 1.54) is 0 Å². The van der Waals surface area contributed by atoms with Gasteiger partial charge in [-0.25, -0.2) is 4.79 Å². The molecule has 0 bridgehead atoms. The van der Waals surface area contributed by atoms with Crippen molar-refractivity contribution >= 4 is 12.1 Å². The second-order valence-corrected chi connectivity index (χ2v) is 10.1. The van der Waals surface area contributed by atoms with Crippen LogP contribution in [0.2, 0.25) is 0 Å². The lowest BCUT2D eigenvalue weighted by Gasteiger charge is -2.27. The van der Waals surface area contributed by atoms with Gasteiger partial charge in [-0.2, -0.15) is 0 Å². The number of nitrogens with one attached hydrogen (secondary N) is 1. The number of alkyl carbamates (subject to hydrolysis) is 1. The summed E-state index contributed by atoms with van der Waals surface area (Å²) in [5.74, 6) is -0.570. The minimum atomic E-state index is -0.586. The summed E-state index contributed by atoms with van der Waals surface area (Å²) in [5, 5.41) is 2.94. The number of amides is 1. The number of rotatable bonds is 7.